The summed E-state index contributed by atoms with van der Waals surface area (Å²) in [5.74, 6) is -0.986. The number of carbonyl (C=O) groups is 3. The van der Waals surface area contributed by atoms with Crippen molar-refractivity contribution in [2.75, 3.05) is 13.2 Å². The number of rotatable bonds is 46. The molecule has 0 radical (unpaired) electrons. The van der Waals surface area contributed by atoms with Crippen molar-refractivity contribution in [3.63, 3.8) is 0 Å². The van der Waals surface area contributed by atoms with Crippen LogP contribution in [0, 0.1) is 0 Å². The summed E-state index contributed by atoms with van der Waals surface area (Å²) in [4.78, 5) is 38.0. The summed E-state index contributed by atoms with van der Waals surface area (Å²) >= 11 is 0. The molecule has 0 amide bonds. The van der Waals surface area contributed by atoms with E-state index in [1.165, 1.54) is 70.6 Å². The molecule has 1 atom stereocenters. The van der Waals surface area contributed by atoms with Crippen molar-refractivity contribution >= 4 is 17.9 Å². The van der Waals surface area contributed by atoms with Gasteiger partial charge in [-0.2, -0.15) is 0 Å². The first-order valence-electron chi connectivity index (χ1n) is 26.5. The second-order valence-corrected chi connectivity index (χ2v) is 17.1. The van der Waals surface area contributed by atoms with Crippen LogP contribution in [0.5, 0.6) is 0 Å². The topological polar surface area (TPSA) is 78.9 Å². The number of allylic oxidation sites excluding steroid dienone is 18. The van der Waals surface area contributed by atoms with Crippen LogP contribution in [-0.4, -0.2) is 37.2 Å². The van der Waals surface area contributed by atoms with Gasteiger partial charge in [-0.1, -0.05) is 220 Å². The molecule has 0 saturated heterocycles. The molecule has 0 rings (SSSR count). The van der Waals surface area contributed by atoms with Crippen LogP contribution in [-0.2, 0) is 28.6 Å². The van der Waals surface area contributed by atoms with Crippen molar-refractivity contribution in [3.05, 3.63) is 109 Å². The predicted octanol–water partition coefficient (Wildman–Crippen LogP) is 17.5. The molecule has 65 heavy (non-hydrogen) atoms. The highest BCUT2D eigenvalue weighted by Gasteiger charge is 2.19. The molecule has 368 valence electrons. The van der Waals surface area contributed by atoms with Gasteiger partial charge in [0.05, 0.1) is 0 Å². The standard InChI is InChI=1S/C59H96O6/c1-4-7-10-13-16-19-22-25-28-29-30-32-34-37-40-43-46-49-52-58(61)64-55-56(54-63-57(60)51-48-45-42-39-36-33-27-24-21-18-15-12-9-6-3)65-59(62)53-50-47-44-41-38-35-31-26-23-20-17-14-11-8-5-2/h8-9,11-12,14,17-18,20-21,23,26-27,30-33,35,38,56H,4-7,10,13,15-16,19,22,24-25,28-29,34,36-37,39-55H2,1-3H3/b11-8-,12-9-,17-14-,21-18-,23-20-,31-26-,32-30-,33-27-,38-35-. The average Bonchev–Trinajstić information content (AvgIpc) is 3.30. The minimum atomic E-state index is -0.815. The first kappa shape index (κ1) is 61.1. The minimum absolute atomic E-state index is 0.109. The maximum absolute atomic E-state index is 12.8. The first-order valence-corrected chi connectivity index (χ1v) is 26.5. The van der Waals surface area contributed by atoms with E-state index >= 15 is 0 Å². The van der Waals surface area contributed by atoms with Crippen molar-refractivity contribution in [1.82, 2.24) is 0 Å². The summed E-state index contributed by atoms with van der Waals surface area (Å²) < 4.78 is 16.8. The number of hydrogen-bond donors (Lipinski definition) is 0. The van der Waals surface area contributed by atoms with Crippen molar-refractivity contribution in [2.24, 2.45) is 0 Å². The Labute approximate surface area is 400 Å². The first-order chi connectivity index (χ1) is 32.0. The van der Waals surface area contributed by atoms with Crippen molar-refractivity contribution in [1.29, 1.82) is 0 Å². The van der Waals surface area contributed by atoms with E-state index in [-0.39, 0.29) is 37.5 Å². The maximum Gasteiger partial charge on any atom is 0.306 e. The van der Waals surface area contributed by atoms with Gasteiger partial charge in [0.25, 0.3) is 0 Å². The molecule has 0 N–H and O–H groups in total. The van der Waals surface area contributed by atoms with Crippen LogP contribution < -0.4 is 0 Å². The van der Waals surface area contributed by atoms with Gasteiger partial charge in [0.1, 0.15) is 13.2 Å². The molecule has 0 spiro atoms. The molecular weight excluding hydrogens is 805 g/mol. The Kier molecular flexibility index (Phi) is 49.5. The second-order valence-electron chi connectivity index (χ2n) is 17.1. The van der Waals surface area contributed by atoms with E-state index in [9.17, 15) is 14.4 Å². The van der Waals surface area contributed by atoms with E-state index in [1.807, 2.05) is 48.6 Å². The molecule has 0 aliphatic carbocycles. The lowest BCUT2D eigenvalue weighted by atomic mass is 10.1. The van der Waals surface area contributed by atoms with Crippen LogP contribution in [0.4, 0.5) is 0 Å². The summed E-state index contributed by atoms with van der Waals surface area (Å²) in [5.41, 5.74) is 0. The molecule has 0 saturated carbocycles. The van der Waals surface area contributed by atoms with Crippen molar-refractivity contribution < 1.29 is 28.6 Å². The number of ether oxygens (including phenoxy) is 3. The summed E-state index contributed by atoms with van der Waals surface area (Å²) in [6.45, 7) is 6.31. The molecule has 6 heteroatoms. The Morgan fingerprint density at radius 2 is 0.677 bits per heavy atom. The summed E-state index contributed by atoms with van der Waals surface area (Å²) in [5, 5.41) is 0. The van der Waals surface area contributed by atoms with E-state index < -0.39 is 6.10 Å². The van der Waals surface area contributed by atoms with Gasteiger partial charge in [-0.05, 0) is 96.3 Å². The van der Waals surface area contributed by atoms with E-state index in [1.54, 1.807) is 0 Å². The zero-order valence-corrected chi connectivity index (χ0v) is 42.0. The number of unbranched alkanes of at least 4 members (excludes halogenated alkanes) is 21. The van der Waals surface area contributed by atoms with Crippen LogP contribution in [0.25, 0.3) is 0 Å². The van der Waals surface area contributed by atoms with Crippen molar-refractivity contribution in [3.8, 4) is 0 Å². The third kappa shape index (κ3) is 50.9. The van der Waals surface area contributed by atoms with E-state index in [2.05, 4.69) is 81.5 Å². The normalized spacial score (nSPS) is 13.0. The predicted molar refractivity (Wildman–Crippen MR) is 279 cm³/mol. The average molecular weight is 901 g/mol. The smallest absolute Gasteiger partial charge is 0.306 e. The fourth-order valence-electron chi connectivity index (χ4n) is 6.94. The molecule has 6 nitrogen and oxygen atoms in total. The van der Waals surface area contributed by atoms with Crippen LogP contribution >= 0.6 is 0 Å². The molecule has 0 aliphatic heterocycles. The third-order valence-corrected chi connectivity index (χ3v) is 10.9. The second kappa shape index (κ2) is 52.7. The van der Waals surface area contributed by atoms with Gasteiger partial charge in [0.15, 0.2) is 6.10 Å². The summed E-state index contributed by atoms with van der Waals surface area (Å²) in [7, 11) is 0. The number of hydrogen-bond acceptors (Lipinski definition) is 6. The van der Waals surface area contributed by atoms with Crippen LogP contribution in [0.1, 0.15) is 226 Å². The number of carbonyl (C=O) groups excluding carboxylic acids is 3. The Hall–Kier alpha value is -3.93. The number of esters is 3. The molecule has 0 aromatic rings. The van der Waals surface area contributed by atoms with Crippen LogP contribution in [0.2, 0.25) is 0 Å². The van der Waals surface area contributed by atoms with Gasteiger partial charge in [0, 0.05) is 19.3 Å². The molecule has 0 aliphatic rings. The van der Waals surface area contributed by atoms with Gasteiger partial charge < -0.3 is 14.2 Å². The van der Waals surface area contributed by atoms with E-state index in [0.717, 1.165) is 109 Å². The molecule has 0 aromatic heterocycles. The Morgan fingerprint density at radius 1 is 0.338 bits per heavy atom. The van der Waals surface area contributed by atoms with Gasteiger partial charge in [0.2, 0.25) is 0 Å². The fourth-order valence-corrected chi connectivity index (χ4v) is 6.94. The lowest BCUT2D eigenvalue weighted by Gasteiger charge is -2.18. The molecule has 0 aromatic carbocycles. The third-order valence-electron chi connectivity index (χ3n) is 10.9. The molecule has 0 fully saturated rings. The quantitative estimate of drug-likeness (QED) is 0.0199. The largest absolute Gasteiger partial charge is 0.462 e. The highest BCUT2D eigenvalue weighted by atomic mass is 16.6. The zero-order chi connectivity index (χ0) is 47.2. The monoisotopic (exact) mass is 901 g/mol. The van der Waals surface area contributed by atoms with E-state index in [0.29, 0.717) is 19.3 Å². The lowest BCUT2D eigenvalue weighted by molar-refractivity contribution is -0.167. The van der Waals surface area contributed by atoms with Crippen LogP contribution in [0.15, 0.2) is 109 Å². The zero-order valence-electron chi connectivity index (χ0n) is 42.0. The summed E-state index contributed by atoms with van der Waals surface area (Å²) in [6, 6.07) is 0. The minimum Gasteiger partial charge on any atom is -0.462 e. The summed E-state index contributed by atoms with van der Waals surface area (Å²) in [6.07, 6.45) is 70.7. The lowest BCUT2D eigenvalue weighted by Crippen LogP contribution is -2.30. The van der Waals surface area contributed by atoms with Gasteiger partial charge in [-0.25, -0.2) is 0 Å². The highest BCUT2D eigenvalue weighted by Crippen LogP contribution is 2.14. The van der Waals surface area contributed by atoms with Gasteiger partial charge in [-0.3, -0.25) is 14.4 Å². The maximum atomic E-state index is 12.8. The fraction of sp³-hybridized carbons (Fsp3) is 0.644. The molecule has 1 unspecified atom stereocenters. The van der Waals surface area contributed by atoms with Crippen LogP contribution in [0.3, 0.4) is 0 Å². The highest BCUT2D eigenvalue weighted by molar-refractivity contribution is 5.71. The SMILES string of the molecule is CC\C=C/C=C\C=C/C=C\C=C/CCCCCC(=O)OC(COC(=O)CCCCCC/C=C\C/C=C\C/C=C\CC)COC(=O)CCCCCCC/C=C\CCCCCCCCCCC. The Bertz CT molecular complexity index is 1360. The van der Waals surface area contributed by atoms with Gasteiger partial charge >= 0.3 is 17.9 Å². The molecule has 0 bridgehead atoms. The molecule has 0 heterocycles. The Morgan fingerprint density at radius 3 is 1.15 bits per heavy atom. The Balaban J connectivity index is 4.50. The van der Waals surface area contributed by atoms with Gasteiger partial charge in [-0.15, -0.1) is 0 Å². The van der Waals surface area contributed by atoms with E-state index in [4.69, 9.17) is 14.2 Å². The van der Waals surface area contributed by atoms with Crippen molar-refractivity contribution in [2.45, 2.75) is 232 Å². The molecular formula is C59H96O6.